The van der Waals surface area contributed by atoms with Crippen LogP contribution < -0.4 is 0 Å². The van der Waals surface area contributed by atoms with Gasteiger partial charge in [-0.2, -0.15) is 0 Å². The zero-order valence-corrected chi connectivity index (χ0v) is 18.9. The van der Waals surface area contributed by atoms with Crippen molar-refractivity contribution in [1.29, 1.82) is 0 Å². The Bertz CT molecular complexity index is 1120. The molecule has 4 nitrogen and oxygen atoms in total. The van der Waals surface area contributed by atoms with E-state index in [4.69, 9.17) is 9.84 Å². The molecular weight excluding hydrogens is 424 g/mol. The summed E-state index contributed by atoms with van der Waals surface area (Å²) in [5.41, 5.74) is 2.34. The summed E-state index contributed by atoms with van der Waals surface area (Å²) >= 11 is 0. The summed E-state index contributed by atoms with van der Waals surface area (Å²) in [7, 11) is 0. The van der Waals surface area contributed by atoms with E-state index >= 15 is 0 Å². The first kappa shape index (κ1) is 24.2. The average Bonchev–Trinajstić information content (AvgIpc) is 2.89. The molecule has 0 bridgehead atoms. The predicted octanol–water partition coefficient (Wildman–Crippen LogP) is 6.48. The van der Waals surface area contributed by atoms with E-state index in [-0.39, 0.29) is 0 Å². The first-order valence-electron chi connectivity index (χ1n) is 10.8. The molecule has 4 rings (SSSR count). The molecular formula is C30H26O4. The van der Waals surface area contributed by atoms with Gasteiger partial charge in [-0.15, -0.1) is 0 Å². The number of hydrogen-bond acceptors (Lipinski definition) is 3. The lowest BCUT2D eigenvalue weighted by Gasteiger charge is -2.35. The largest absolute Gasteiger partial charge is 0.478 e. The molecule has 0 aromatic heterocycles. The van der Waals surface area contributed by atoms with E-state index in [0.29, 0.717) is 11.1 Å². The van der Waals surface area contributed by atoms with Crippen LogP contribution in [0.2, 0.25) is 0 Å². The van der Waals surface area contributed by atoms with Gasteiger partial charge in [0.25, 0.3) is 0 Å². The first-order chi connectivity index (χ1) is 16.4. The van der Waals surface area contributed by atoms with Crippen LogP contribution in [0.4, 0.5) is 0 Å². The molecule has 4 heteroatoms. The third kappa shape index (κ3) is 5.67. The number of carbonyl (C=O) groups excluding carboxylic acids is 1. The van der Waals surface area contributed by atoms with Crippen molar-refractivity contribution >= 4 is 11.9 Å². The maximum absolute atomic E-state index is 12.6. The topological polar surface area (TPSA) is 63.6 Å². The van der Waals surface area contributed by atoms with Gasteiger partial charge < -0.3 is 9.84 Å². The van der Waals surface area contributed by atoms with E-state index in [0.717, 1.165) is 16.7 Å². The van der Waals surface area contributed by atoms with Gasteiger partial charge >= 0.3 is 11.9 Å². The molecule has 34 heavy (non-hydrogen) atoms. The number of carboxylic acid groups (broad SMARTS) is 1. The van der Waals surface area contributed by atoms with Gasteiger partial charge in [0.1, 0.15) is 0 Å². The number of ether oxygens (including phenoxy) is 1. The number of rotatable bonds is 6. The van der Waals surface area contributed by atoms with Crippen LogP contribution in [0, 0.1) is 0 Å². The molecule has 170 valence electrons. The summed E-state index contributed by atoms with van der Waals surface area (Å²) in [5, 5.41) is 8.38. The summed E-state index contributed by atoms with van der Waals surface area (Å²) in [6.45, 7) is 5.41. The highest BCUT2D eigenvalue weighted by molar-refractivity contribution is 5.88. The Kier molecular flexibility index (Phi) is 8.14. The standard InChI is InChI=1S/C23H20O2.C7H6O2/c1-18(2)22(24)25-23(19-12-6-3-7-13-19,20-14-8-4-9-15-20)21-16-10-5-11-17-21;8-7(9)6-4-2-1-3-5-6/h3-17H,1H2,2H3;1-5H,(H,8,9). The van der Waals surface area contributed by atoms with Crippen LogP contribution in [0.3, 0.4) is 0 Å². The smallest absolute Gasteiger partial charge is 0.335 e. The van der Waals surface area contributed by atoms with Crippen molar-refractivity contribution in [2.45, 2.75) is 12.5 Å². The van der Waals surface area contributed by atoms with Crippen molar-refractivity contribution in [3.05, 3.63) is 156 Å². The van der Waals surface area contributed by atoms with Gasteiger partial charge in [0.05, 0.1) is 5.56 Å². The highest BCUT2D eigenvalue weighted by Crippen LogP contribution is 2.40. The Hall–Kier alpha value is -4.44. The second-order valence-corrected chi connectivity index (χ2v) is 7.62. The van der Waals surface area contributed by atoms with Crippen molar-refractivity contribution in [3.63, 3.8) is 0 Å². The Morgan fingerprint density at radius 2 is 0.971 bits per heavy atom. The van der Waals surface area contributed by atoms with E-state index < -0.39 is 17.5 Å². The SMILES string of the molecule is C=C(C)C(=O)OC(c1ccccc1)(c1ccccc1)c1ccccc1.O=C(O)c1ccccc1. The number of carbonyl (C=O) groups is 2. The van der Waals surface area contributed by atoms with Gasteiger partial charge in [-0.3, -0.25) is 0 Å². The fraction of sp³-hybridized carbons (Fsp3) is 0.0667. The van der Waals surface area contributed by atoms with Gasteiger partial charge in [0.2, 0.25) is 0 Å². The zero-order valence-electron chi connectivity index (χ0n) is 18.9. The number of benzene rings is 4. The maximum Gasteiger partial charge on any atom is 0.335 e. The molecule has 0 atom stereocenters. The quantitative estimate of drug-likeness (QED) is 0.207. The van der Waals surface area contributed by atoms with Crippen LogP contribution in [0.25, 0.3) is 0 Å². The lowest BCUT2D eigenvalue weighted by molar-refractivity contribution is -0.148. The van der Waals surface area contributed by atoms with Gasteiger partial charge in [-0.05, 0) is 19.1 Å². The zero-order chi connectivity index (χ0) is 24.4. The van der Waals surface area contributed by atoms with Gasteiger partial charge in [-0.25, -0.2) is 9.59 Å². The van der Waals surface area contributed by atoms with Crippen LogP contribution in [0.5, 0.6) is 0 Å². The molecule has 0 heterocycles. The van der Waals surface area contributed by atoms with Crippen LogP contribution in [0.1, 0.15) is 34.0 Å². The highest BCUT2D eigenvalue weighted by Gasteiger charge is 2.40. The van der Waals surface area contributed by atoms with Crippen LogP contribution in [-0.4, -0.2) is 17.0 Å². The van der Waals surface area contributed by atoms with Crippen molar-refractivity contribution in [2.24, 2.45) is 0 Å². The molecule has 0 aliphatic heterocycles. The van der Waals surface area contributed by atoms with Crippen molar-refractivity contribution < 1.29 is 19.4 Å². The minimum atomic E-state index is -1.03. The maximum atomic E-state index is 12.6. The lowest BCUT2D eigenvalue weighted by Crippen LogP contribution is -2.35. The molecule has 1 N–H and O–H groups in total. The third-order valence-corrected chi connectivity index (χ3v) is 5.16. The molecule has 0 saturated heterocycles. The summed E-state index contributed by atoms with van der Waals surface area (Å²) < 4.78 is 6.12. The second-order valence-electron chi connectivity index (χ2n) is 7.62. The average molecular weight is 451 g/mol. The monoisotopic (exact) mass is 450 g/mol. The fourth-order valence-electron chi connectivity index (χ4n) is 3.50. The second kappa shape index (κ2) is 11.4. The van der Waals surface area contributed by atoms with E-state index in [1.54, 1.807) is 37.3 Å². The van der Waals surface area contributed by atoms with E-state index in [1.165, 1.54) is 0 Å². The number of carboxylic acids is 1. The van der Waals surface area contributed by atoms with Gasteiger partial charge in [0, 0.05) is 22.3 Å². The number of esters is 1. The minimum absolute atomic E-state index is 0.331. The molecule has 0 aliphatic rings. The molecule has 0 amide bonds. The Balaban J connectivity index is 0.000000302. The van der Waals surface area contributed by atoms with Crippen LogP contribution in [-0.2, 0) is 15.1 Å². The Morgan fingerprint density at radius 1 is 0.647 bits per heavy atom. The van der Waals surface area contributed by atoms with Crippen molar-refractivity contribution in [3.8, 4) is 0 Å². The summed E-state index contributed by atoms with van der Waals surface area (Å²) in [6.07, 6.45) is 0. The van der Waals surface area contributed by atoms with Crippen LogP contribution >= 0.6 is 0 Å². The molecule has 0 unspecified atom stereocenters. The summed E-state index contributed by atoms with van der Waals surface area (Å²) in [5.74, 6) is -1.30. The fourth-order valence-corrected chi connectivity index (χ4v) is 3.50. The Labute approximate surface area is 199 Å². The normalized spacial score (nSPS) is 10.4. The van der Waals surface area contributed by atoms with Gasteiger partial charge in [-0.1, -0.05) is 116 Å². The summed E-state index contributed by atoms with van der Waals surface area (Å²) in [4.78, 5) is 22.8. The van der Waals surface area contributed by atoms with Crippen molar-refractivity contribution in [1.82, 2.24) is 0 Å². The number of hydrogen-bond donors (Lipinski definition) is 1. The van der Waals surface area contributed by atoms with Crippen molar-refractivity contribution in [2.75, 3.05) is 0 Å². The molecule has 0 radical (unpaired) electrons. The number of aromatic carboxylic acids is 1. The van der Waals surface area contributed by atoms with E-state index in [9.17, 15) is 9.59 Å². The third-order valence-electron chi connectivity index (χ3n) is 5.16. The summed E-state index contributed by atoms with van der Waals surface area (Å²) in [6, 6.07) is 37.7. The van der Waals surface area contributed by atoms with E-state index in [2.05, 4.69) is 6.58 Å². The molecule has 0 spiro atoms. The van der Waals surface area contributed by atoms with E-state index in [1.807, 2.05) is 91.0 Å². The molecule has 4 aromatic carbocycles. The first-order valence-corrected chi connectivity index (χ1v) is 10.8. The van der Waals surface area contributed by atoms with Crippen LogP contribution in [0.15, 0.2) is 133 Å². The lowest BCUT2D eigenvalue weighted by atomic mass is 9.80. The molecule has 0 saturated carbocycles. The Morgan fingerprint density at radius 3 is 1.24 bits per heavy atom. The predicted molar refractivity (Wildman–Crippen MR) is 134 cm³/mol. The molecule has 0 aliphatic carbocycles. The molecule has 0 fully saturated rings. The molecule has 4 aromatic rings. The van der Waals surface area contributed by atoms with Gasteiger partial charge in [0.15, 0.2) is 5.60 Å². The highest BCUT2D eigenvalue weighted by atomic mass is 16.6. The minimum Gasteiger partial charge on any atom is -0.478 e.